The molecule has 0 atom stereocenters. The van der Waals surface area contributed by atoms with Gasteiger partial charge in [-0.15, -0.1) is 0 Å². The minimum atomic E-state index is 0.128. The molecule has 2 heteroatoms. The predicted molar refractivity (Wildman–Crippen MR) is 81.2 cm³/mol. The zero-order valence-electron chi connectivity index (χ0n) is 12.9. The summed E-state index contributed by atoms with van der Waals surface area (Å²) in [7, 11) is 2.05. The third-order valence-corrected chi connectivity index (χ3v) is 3.65. The number of benzene rings is 1. The van der Waals surface area contributed by atoms with Crippen molar-refractivity contribution in [3.63, 3.8) is 0 Å². The van der Waals surface area contributed by atoms with Gasteiger partial charge in [-0.25, -0.2) is 4.57 Å². The fourth-order valence-corrected chi connectivity index (χ4v) is 2.32. The Morgan fingerprint density at radius 3 is 2.35 bits per heavy atom. The smallest absolute Gasteiger partial charge is 0.201 e. The molecule has 1 aromatic carbocycles. The van der Waals surface area contributed by atoms with Crippen LogP contribution >= 0.6 is 0 Å². The van der Waals surface area contributed by atoms with Crippen LogP contribution in [0.3, 0.4) is 0 Å². The van der Waals surface area contributed by atoms with Crippen LogP contribution in [0.2, 0.25) is 0 Å². The average molecular weight is 265 g/mol. The van der Waals surface area contributed by atoms with Gasteiger partial charge in [0.1, 0.15) is 7.05 Å². The summed E-state index contributed by atoms with van der Waals surface area (Å²) in [5, 5.41) is 8.97. The highest BCUT2D eigenvalue weighted by Gasteiger charge is 2.19. The SMILES string of the molecule is Cc1cc(C#N)ccc1-c1cc(C(C)(C)C)cc[n+]1C. The number of hydrogen-bond donors (Lipinski definition) is 0. The molecule has 0 aliphatic carbocycles. The van der Waals surface area contributed by atoms with Gasteiger partial charge in [0.25, 0.3) is 0 Å². The number of rotatable bonds is 1. The van der Waals surface area contributed by atoms with Crippen molar-refractivity contribution in [3.05, 3.63) is 53.2 Å². The molecule has 2 nitrogen and oxygen atoms in total. The molecule has 0 fully saturated rings. The lowest BCUT2D eigenvalue weighted by Crippen LogP contribution is -2.31. The number of aromatic nitrogens is 1. The van der Waals surface area contributed by atoms with Crippen LogP contribution in [-0.2, 0) is 12.5 Å². The van der Waals surface area contributed by atoms with E-state index in [1.54, 1.807) is 0 Å². The van der Waals surface area contributed by atoms with Crippen molar-refractivity contribution in [2.24, 2.45) is 7.05 Å². The summed E-state index contributed by atoms with van der Waals surface area (Å²) in [4.78, 5) is 0. The van der Waals surface area contributed by atoms with Crippen LogP contribution in [0.1, 0.15) is 37.5 Å². The fraction of sp³-hybridized carbons (Fsp3) is 0.333. The van der Waals surface area contributed by atoms with Crippen LogP contribution in [0.4, 0.5) is 0 Å². The number of nitriles is 1. The lowest BCUT2D eigenvalue weighted by Gasteiger charge is -2.19. The monoisotopic (exact) mass is 265 g/mol. The minimum absolute atomic E-state index is 0.128. The van der Waals surface area contributed by atoms with E-state index in [9.17, 15) is 0 Å². The molecule has 2 aromatic rings. The lowest BCUT2D eigenvalue weighted by molar-refractivity contribution is -0.660. The molecule has 0 amide bonds. The van der Waals surface area contributed by atoms with Crippen LogP contribution in [0.15, 0.2) is 36.5 Å². The summed E-state index contributed by atoms with van der Waals surface area (Å²) in [6.07, 6.45) is 2.10. The van der Waals surface area contributed by atoms with E-state index in [-0.39, 0.29) is 5.41 Å². The first kappa shape index (κ1) is 14.3. The van der Waals surface area contributed by atoms with Crippen LogP contribution in [-0.4, -0.2) is 0 Å². The van der Waals surface area contributed by atoms with E-state index in [0.29, 0.717) is 5.56 Å². The van der Waals surface area contributed by atoms with Crippen molar-refractivity contribution in [2.45, 2.75) is 33.1 Å². The maximum atomic E-state index is 8.97. The molecule has 1 aromatic heterocycles. The van der Waals surface area contributed by atoms with Gasteiger partial charge in [0.2, 0.25) is 5.69 Å². The number of hydrogen-bond acceptors (Lipinski definition) is 1. The second kappa shape index (κ2) is 5.09. The predicted octanol–water partition coefficient (Wildman–Crippen LogP) is 3.66. The summed E-state index contributed by atoms with van der Waals surface area (Å²) in [5.74, 6) is 0. The Balaban J connectivity index is 2.61. The Bertz CT molecular complexity index is 686. The van der Waals surface area contributed by atoms with Gasteiger partial charge in [-0.1, -0.05) is 20.8 Å². The van der Waals surface area contributed by atoms with Gasteiger partial charge < -0.3 is 0 Å². The summed E-state index contributed by atoms with van der Waals surface area (Å²) < 4.78 is 2.13. The Morgan fingerprint density at radius 1 is 1.10 bits per heavy atom. The van der Waals surface area contributed by atoms with Crippen molar-refractivity contribution < 1.29 is 4.57 Å². The van der Waals surface area contributed by atoms with Crippen LogP contribution < -0.4 is 4.57 Å². The van der Waals surface area contributed by atoms with E-state index < -0.39 is 0 Å². The maximum absolute atomic E-state index is 8.97. The van der Waals surface area contributed by atoms with Gasteiger partial charge in [0, 0.05) is 17.7 Å². The molecule has 20 heavy (non-hydrogen) atoms. The van der Waals surface area contributed by atoms with E-state index in [1.807, 2.05) is 18.2 Å². The highest BCUT2D eigenvalue weighted by atomic mass is 14.9. The summed E-state index contributed by atoms with van der Waals surface area (Å²) in [5.41, 5.74) is 5.64. The van der Waals surface area contributed by atoms with E-state index in [4.69, 9.17) is 5.26 Å². The fourth-order valence-electron chi connectivity index (χ4n) is 2.32. The molecule has 102 valence electrons. The van der Waals surface area contributed by atoms with Crippen molar-refractivity contribution >= 4 is 0 Å². The Morgan fingerprint density at radius 2 is 1.80 bits per heavy atom. The van der Waals surface area contributed by atoms with E-state index in [2.05, 4.69) is 63.7 Å². The Kier molecular flexibility index (Phi) is 3.63. The molecule has 0 aliphatic rings. The first-order valence-electron chi connectivity index (χ1n) is 6.84. The first-order valence-corrected chi connectivity index (χ1v) is 6.84. The molecule has 0 aliphatic heterocycles. The highest BCUT2D eigenvalue weighted by Crippen LogP contribution is 2.27. The quantitative estimate of drug-likeness (QED) is 0.723. The number of aryl methyl sites for hydroxylation is 2. The van der Waals surface area contributed by atoms with Crippen LogP contribution in [0.25, 0.3) is 11.3 Å². The van der Waals surface area contributed by atoms with Gasteiger partial charge in [0.05, 0.1) is 11.6 Å². The van der Waals surface area contributed by atoms with Gasteiger partial charge in [-0.05, 0) is 41.7 Å². The molecular weight excluding hydrogens is 244 g/mol. The largest absolute Gasteiger partial charge is 0.212 e. The molecule has 2 rings (SSSR count). The molecule has 1 heterocycles. The van der Waals surface area contributed by atoms with Crippen molar-refractivity contribution in [3.8, 4) is 17.3 Å². The van der Waals surface area contributed by atoms with Gasteiger partial charge in [0.15, 0.2) is 6.20 Å². The zero-order valence-corrected chi connectivity index (χ0v) is 12.9. The minimum Gasteiger partial charge on any atom is -0.201 e. The van der Waals surface area contributed by atoms with E-state index >= 15 is 0 Å². The average Bonchev–Trinajstić information content (AvgIpc) is 2.38. The molecule has 0 spiro atoms. The molecular formula is C18H21N2+. The molecule has 0 radical (unpaired) electrons. The van der Waals surface area contributed by atoms with E-state index in [0.717, 1.165) is 5.56 Å². The molecule has 0 unspecified atom stereocenters. The van der Waals surface area contributed by atoms with Crippen LogP contribution in [0, 0.1) is 18.3 Å². The lowest BCUT2D eigenvalue weighted by atomic mass is 9.86. The second-order valence-electron chi connectivity index (χ2n) is 6.30. The third-order valence-electron chi connectivity index (χ3n) is 3.65. The van der Waals surface area contributed by atoms with E-state index in [1.165, 1.54) is 16.8 Å². The van der Waals surface area contributed by atoms with Gasteiger partial charge in [-0.3, -0.25) is 0 Å². The maximum Gasteiger partial charge on any atom is 0.212 e. The second-order valence-corrected chi connectivity index (χ2v) is 6.30. The number of pyridine rings is 1. The summed E-state index contributed by atoms with van der Waals surface area (Å²) >= 11 is 0. The Labute approximate surface area is 121 Å². The topological polar surface area (TPSA) is 27.7 Å². The summed E-state index contributed by atoms with van der Waals surface area (Å²) in [6.45, 7) is 8.72. The zero-order chi connectivity index (χ0) is 14.9. The summed E-state index contributed by atoms with van der Waals surface area (Å²) in [6, 6.07) is 12.5. The molecule has 0 saturated heterocycles. The van der Waals surface area contributed by atoms with Crippen molar-refractivity contribution in [2.75, 3.05) is 0 Å². The highest BCUT2D eigenvalue weighted by molar-refractivity contribution is 5.63. The molecule has 0 bridgehead atoms. The standard InChI is InChI=1S/C18H21N2/c1-13-10-14(12-19)6-7-16(13)17-11-15(18(2,3)4)8-9-20(17)5/h6-11H,1-5H3/q+1. The number of nitrogens with zero attached hydrogens (tertiary/aromatic N) is 2. The van der Waals surface area contributed by atoms with Gasteiger partial charge >= 0.3 is 0 Å². The Hall–Kier alpha value is -2.14. The third kappa shape index (κ3) is 2.72. The van der Waals surface area contributed by atoms with Crippen LogP contribution in [0.5, 0.6) is 0 Å². The normalized spacial score (nSPS) is 11.2. The van der Waals surface area contributed by atoms with Gasteiger partial charge in [-0.2, -0.15) is 5.26 Å². The van der Waals surface area contributed by atoms with Crippen molar-refractivity contribution in [1.29, 1.82) is 5.26 Å². The molecule has 0 saturated carbocycles. The van der Waals surface area contributed by atoms with Crippen molar-refractivity contribution in [1.82, 2.24) is 0 Å². The molecule has 0 N–H and O–H groups in total. The first-order chi connectivity index (χ1) is 9.32.